The van der Waals surface area contributed by atoms with Crippen molar-refractivity contribution in [1.29, 1.82) is 0 Å². The van der Waals surface area contributed by atoms with E-state index in [9.17, 15) is 18.4 Å². The number of nitrogens with two attached hydrogens (primary N) is 1. The molecule has 1 saturated carbocycles. The Morgan fingerprint density at radius 2 is 1.85 bits per heavy atom. The fourth-order valence-corrected chi connectivity index (χ4v) is 5.91. The number of aromatic nitrogens is 3. The van der Waals surface area contributed by atoms with E-state index in [1.807, 2.05) is 12.1 Å². The molecule has 9 nitrogen and oxygen atoms in total. The van der Waals surface area contributed by atoms with Crippen LogP contribution in [0.3, 0.4) is 0 Å². The van der Waals surface area contributed by atoms with Gasteiger partial charge >= 0.3 is 6.09 Å². The number of nitrogen functional groups attached to an aromatic ring is 1. The lowest BCUT2D eigenvalue weighted by Gasteiger charge is -2.36. The highest BCUT2D eigenvalue weighted by atomic mass is 79.9. The number of benzene rings is 2. The molecule has 3 N–H and O–H groups in total. The van der Waals surface area contributed by atoms with E-state index in [1.54, 1.807) is 17.0 Å². The molecule has 2 heterocycles. The van der Waals surface area contributed by atoms with Gasteiger partial charge in [-0.2, -0.15) is 0 Å². The molecular weight excluding hydrogens is 598 g/mol. The van der Waals surface area contributed by atoms with E-state index in [2.05, 4.69) is 31.6 Å². The van der Waals surface area contributed by atoms with Crippen molar-refractivity contribution in [3.8, 4) is 11.3 Å². The largest absolute Gasteiger partial charge is 0.447 e. The molecule has 2 aliphatic rings. The highest BCUT2D eigenvalue weighted by Gasteiger charge is 2.30. The standard InChI is InChI=1S/C29H33BrF2N6O3/c30-25-23(31)14-22(27(33)26(25)32)24-16-37(36-35-24)15-18-8-4-5-12-21(18)28(39)38-13-7-6-11-20(38)17-41-29(40)34-19-9-2-1-3-10-19/h4-5,8,12,14,16,19-20H,1-3,6-7,9-11,13,15,17,33H2,(H,34,40). The van der Waals surface area contributed by atoms with Crippen LogP contribution >= 0.6 is 15.9 Å². The fraction of sp³-hybridized carbons (Fsp3) is 0.448. The maximum absolute atomic E-state index is 14.3. The quantitative estimate of drug-likeness (QED) is 0.257. The molecule has 1 saturated heterocycles. The molecule has 0 bridgehead atoms. The van der Waals surface area contributed by atoms with Crippen LogP contribution in [0.4, 0.5) is 19.3 Å². The zero-order valence-electron chi connectivity index (χ0n) is 22.6. The van der Waals surface area contributed by atoms with E-state index in [4.69, 9.17) is 10.5 Å². The average molecular weight is 632 g/mol. The second kappa shape index (κ2) is 13.0. The summed E-state index contributed by atoms with van der Waals surface area (Å²) in [5.74, 6) is -1.86. The second-order valence-electron chi connectivity index (χ2n) is 10.6. The molecule has 3 aromatic rings. The lowest BCUT2D eigenvalue weighted by atomic mass is 9.96. The Kier molecular flexibility index (Phi) is 9.16. The van der Waals surface area contributed by atoms with E-state index in [1.165, 1.54) is 17.3 Å². The number of piperidine rings is 1. The van der Waals surface area contributed by atoms with E-state index >= 15 is 0 Å². The predicted molar refractivity (Wildman–Crippen MR) is 153 cm³/mol. The van der Waals surface area contributed by atoms with Crippen LogP contribution < -0.4 is 11.1 Å². The van der Waals surface area contributed by atoms with Crippen molar-refractivity contribution in [3.05, 3.63) is 63.8 Å². The lowest BCUT2D eigenvalue weighted by molar-refractivity contribution is 0.0441. The molecule has 1 unspecified atom stereocenters. The van der Waals surface area contributed by atoms with Crippen LogP contribution in [0.5, 0.6) is 0 Å². The summed E-state index contributed by atoms with van der Waals surface area (Å²) >= 11 is 2.85. The monoisotopic (exact) mass is 630 g/mol. The number of nitrogens with one attached hydrogen (secondary N) is 1. The molecule has 2 fully saturated rings. The van der Waals surface area contributed by atoms with Crippen molar-refractivity contribution < 1.29 is 23.1 Å². The van der Waals surface area contributed by atoms with Crippen molar-refractivity contribution in [1.82, 2.24) is 25.2 Å². The molecule has 1 aliphatic carbocycles. The Balaban J connectivity index is 1.28. The van der Waals surface area contributed by atoms with Gasteiger partial charge < -0.3 is 20.7 Å². The molecule has 12 heteroatoms. The van der Waals surface area contributed by atoms with Gasteiger partial charge in [-0.25, -0.2) is 18.3 Å². The zero-order chi connectivity index (χ0) is 28.9. The van der Waals surface area contributed by atoms with Gasteiger partial charge in [-0.1, -0.05) is 42.7 Å². The first-order valence-electron chi connectivity index (χ1n) is 14.0. The van der Waals surface area contributed by atoms with Crippen LogP contribution in [-0.2, 0) is 11.3 Å². The van der Waals surface area contributed by atoms with Crippen LogP contribution in [-0.4, -0.2) is 57.1 Å². The minimum absolute atomic E-state index is 0.0856. The number of halogens is 3. The Hall–Kier alpha value is -3.54. The normalized spacial score (nSPS) is 17.8. The summed E-state index contributed by atoms with van der Waals surface area (Å²) < 4.78 is 35.2. The molecule has 2 amide bonds. The average Bonchev–Trinajstić information content (AvgIpc) is 3.45. The molecular formula is C29H33BrF2N6O3. The third kappa shape index (κ3) is 6.69. The second-order valence-corrected chi connectivity index (χ2v) is 11.4. The summed E-state index contributed by atoms with van der Waals surface area (Å²) in [5.41, 5.74) is 7.12. The number of hydrogen-bond acceptors (Lipinski definition) is 6. The first-order chi connectivity index (χ1) is 19.8. The summed E-state index contributed by atoms with van der Waals surface area (Å²) in [6.45, 7) is 0.911. The summed E-state index contributed by atoms with van der Waals surface area (Å²) in [7, 11) is 0. The van der Waals surface area contributed by atoms with Gasteiger partial charge in [-0.05, 0) is 65.7 Å². The van der Waals surface area contributed by atoms with Gasteiger partial charge in [0.1, 0.15) is 18.1 Å². The van der Waals surface area contributed by atoms with Crippen molar-refractivity contribution in [2.24, 2.45) is 0 Å². The molecule has 5 rings (SSSR count). The first-order valence-corrected chi connectivity index (χ1v) is 14.8. The Morgan fingerprint density at radius 3 is 2.66 bits per heavy atom. The van der Waals surface area contributed by atoms with Crippen molar-refractivity contribution in [2.45, 2.75) is 70.0 Å². The molecule has 1 aliphatic heterocycles. The number of likely N-dealkylation sites (tertiary alicyclic amines) is 1. The van der Waals surface area contributed by atoms with Crippen LogP contribution in [0.15, 0.2) is 41.0 Å². The molecule has 41 heavy (non-hydrogen) atoms. The fourth-order valence-electron chi connectivity index (χ4n) is 5.58. The summed E-state index contributed by atoms with van der Waals surface area (Å²) in [6.07, 6.45) is 9.03. The summed E-state index contributed by atoms with van der Waals surface area (Å²) in [4.78, 5) is 28.0. The molecule has 0 spiro atoms. The van der Waals surface area contributed by atoms with E-state index in [0.29, 0.717) is 17.7 Å². The number of rotatable bonds is 7. The Bertz CT molecular complexity index is 1410. The van der Waals surface area contributed by atoms with Gasteiger partial charge in [0.25, 0.3) is 5.91 Å². The van der Waals surface area contributed by atoms with Gasteiger partial charge in [-0.3, -0.25) is 4.79 Å². The van der Waals surface area contributed by atoms with Crippen LogP contribution in [0.1, 0.15) is 67.3 Å². The van der Waals surface area contributed by atoms with Gasteiger partial charge in [0.15, 0.2) is 5.82 Å². The lowest BCUT2D eigenvalue weighted by Crippen LogP contribution is -2.47. The zero-order valence-corrected chi connectivity index (χ0v) is 24.2. The van der Waals surface area contributed by atoms with E-state index in [-0.39, 0.29) is 52.6 Å². The number of anilines is 1. The maximum atomic E-state index is 14.3. The predicted octanol–water partition coefficient (Wildman–Crippen LogP) is 5.67. The number of alkyl carbamates (subject to hydrolysis) is 1. The van der Waals surface area contributed by atoms with Crippen LogP contribution in [0, 0.1) is 11.6 Å². The van der Waals surface area contributed by atoms with E-state index < -0.39 is 17.7 Å². The van der Waals surface area contributed by atoms with Gasteiger partial charge in [0, 0.05) is 23.7 Å². The molecule has 218 valence electrons. The Morgan fingerprint density at radius 1 is 1.10 bits per heavy atom. The third-order valence-electron chi connectivity index (χ3n) is 7.82. The number of ether oxygens (including phenoxy) is 1. The van der Waals surface area contributed by atoms with Crippen molar-refractivity contribution >= 4 is 33.6 Å². The number of hydrogen-bond donors (Lipinski definition) is 2. The minimum Gasteiger partial charge on any atom is -0.447 e. The van der Waals surface area contributed by atoms with Crippen LogP contribution in [0.2, 0.25) is 0 Å². The van der Waals surface area contributed by atoms with Crippen molar-refractivity contribution in [2.75, 3.05) is 18.9 Å². The van der Waals surface area contributed by atoms with Crippen LogP contribution in [0.25, 0.3) is 11.3 Å². The number of carbonyl (C=O) groups is 2. The molecule has 1 atom stereocenters. The highest BCUT2D eigenvalue weighted by molar-refractivity contribution is 9.10. The van der Waals surface area contributed by atoms with Crippen molar-refractivity contribution in [3.63, 3.8) is 0 Å². The number of nitrogens with zero attached hydrogens (tertiary/aromatic N) is 4. The SMILES string of the molecule is Nc1c(-c2cn(Cc3ccccc3C(=O)N3CCCCC3COC(=O)NC3CCCCC3)nn2)cc(F)c(Br)c1F. The number of carbonyl (C=O) groups excluding carboxylic acids is 2. The highest BCUT2D eigenvalue weighted by Crippen LogP contribution is 2.33. The first kappa shape index (κ1) is 29.0. The number of amides is 2. The minimum atomic E-state index is -0.906. The topological polar surface area (TPSA) is 115 Å². The molecule has 2 aromatic carbocycles. The van der Waals surface area contributed by atoms with Gasteiger partial charge in [0.05, 0.1) is 28.9 Å². The smallest absolute Gasteiger partial charge is 0.407 e. The summed E-state index contributed by atoms with van der Waals surface area (Å²) in [5, 5.41) is 11.1. The van der Waals surface area contributed by atoms with Gasteiger partial charge in [-0.15, -0.1) is 5.10 Å². The third-order valence-corrected chi connectivity index (χ3v) is 8.54. The molecule has 1 aromatic heterocycles. The Labute approximate surface area is 245 Å². The maximum Gasteiger partial charge on any atom is 0.407 e. The molecule has 0 radical (unpaired) electrons. The van der Waals surface area contributed by atoms with E-state index in [0.717, 1.165) is 51.0 Å². The summed E-state index contributed by atoms with van der Waals surface area (Å²) in [6, 6.07) is 8.25. The van der Waals surface area contributed by atoms with Gasteiger partial charge in [0.2, 0.25) is 0 Å².